The highest BCUT2D eigenvalue weighted by molar-refractivity contribution is 6.64. The number of rotatable bonds is 4. The van der Waals surface area contributed by atoms with Crippen LogP contribution in [0.1, 0.15) is 0 Å². The first kappa shape index (κ1) is 10.3. The summed E-state index contributed by atoms with van der Waals surface area (Å²) in [6, 6.07) is 8.85. The van der Waals surface area contributed by atoms with Gasteiger partial charge in [-0.05, 0) is 0 Å². The quantitative estimate of drug-likeness (QED) is 0.495. The first-order valence-electron chi connectivity index (χ1n) is 4.06. The maximum Gasteiger partial charge on any atom is 0.0714 e. The summed E-state index contributed by atoms with van der Waals surface area (Å²) in [5.41, 5.74) is 1.68. The van der Waals surface area contributed by atoms with Crippen LogP contribution in [-0.4, -0.2) is 30.0 Å². The van der Waals surface area contributed by atoms with Gasteiger partial charge in [0.25, 0.3) is 0 Å². The molecule has 0 heterocycles. The van der Waals surface area contributed by atoms with Gasteiger partial charge in [0, 0.05) is 11.0 Å². The van der Waals surface area contributed by atoms with Gasteiger partial charge in [-0.1, -0.05) is 34.6 Å². The lowest BCUT2D eigenvalue weighted by atomic mass is 10.4. The van der Waals surface area contributed by atoms with Gasteiger partial charge >= 0.3 is 0 Å². The van der Waals surface area contributed by atoms with E-state index in [1.165, 1.54) is 10.4 Å². The Balaban J connectivity index is 2.58. The van der Waals surface area contributed by atoms with Crippen LogP contribution >= 0.6 is 23.2 Å². The number of benzene rings is 1. The zero-order chi connectivity index (χ0) is 8.81. The molecule has 4 heteroatoms. The summed E-state index contributed by atoms with van der Waals surface area (Å²) in [5, 5.41) is 2.91. The summed E-state index contributed by atoms with van der Waals surface area (Å²) < 4.78 is 0. The number of halogens is 2. The number of hydrogen-bond donors (Lipinski definition) is 0. The van der Waals surface area contributed by atoms with Crippen molar-refractivity contribution in [1.82, 2.24) is 0 Å². The fraction of sp³-hybridized carbons (Fsp3) is 0.250. The summed E-state index contributed by atoms with van der Waals surface area (Å²) in [7, 11) is -0.366. The molecule has 0 aliphatic rings. The monoisotopic (exact) mass is 234 g/mol. The maximum atomic E-state index is 5.69. The molecule has 0 aromatic heterocycles. The van der Waals surface area contributed by atoms with Crippen molar-refractivity contribution >= 4 is 52.6 Å². The van der Waals surface area contributed by atoms with Gasteiger partial charge in [0.2, 0.25) is 0 Å². The Kier molecular flexibility index (Phi) is 4.99. The van der Waals surface area contributed by atoms with Crippen molar-refractivity contribution in [3.63, 3.8) is 0 Å². The minimum Gasteiger partial charge on any atom is -0.130 e. The standard InChI is InChI=1S/C8H12Cl2Si2/c9-5-11-7-1-2-8(4-3-7)12-6-10/h1-4H,5-6,11-12H2. The Hall–Kier alpha value is 0.234. The highest BCUT2D eigenvalue weighted by Crippen LogP contribution is 1.82. The highest BCUT2D eigenvalue weighted by atomic mass is 35.5. The van der Waals surface area contributed by atoms with Crippen molar-refractivity contribution in [2.24, 2.45) is 0 Å². The molecule has 0 saturated heterocycles. The van der Waals surface area contributed by atoms with E-state index < -0.39 is 0 Å². The summed E-state index contributed by atoms with van der Waals surface area (Å²) >= 11 is 11.4. The Bertz CT molecular complexity index is 198. The van der Waals surface area contributed by atoms with Crippen LogP contribution in [0.15, 0.2) is 24.3 Å². The van der Waals surface area contributed by atoms with E-state index in [-0.39, 0.29) is 19.0 Å². The Morgan fingerprint density at radius 3 is 1.42 bits per heavy atom. The van der Waals surface area contributed by atoms with E-state index in [2.05, 4.69) is 24.3 Å². The lowest BCUT2D eigenvalue weighted by Gasteiger charge is -1.99. The molecule has 0 unspecified atom stereocenters. The highest BCUT2D eigenvalue weighted by Gasteiger charge is 1.94. The van der Waals surface area contributed by atoms with Crippen LogP contribution in [0.2, 0.25) is 0 Å². The smallest absolute Gasteiger partial charge is 0.0714 e. The molecule has 0 aliphatic heterocycles. The van der Waals surface area contributed by atoms with Crippen molar-refractivity contribution < 1.29 is 0 Å². The van der Waals surface area contributed by atoms with E-state index in [1.54, 1.807) is 0 Å². The molecule has 1 aromatic rings. The topological polar surface area (TPSA) is 0 Å². The fourth-order valence-electron chi connectivity index (χ4n) is 1.09. The van der Waals surface area contributed by atoms with E-state index in [1.807, 2.05) is 0 Å². The molecule has 0 fully saturated rings. The third-order valence-electron chi connectivity index (χ3n) is 1.79. The van der Waals surface area contributed by atoms with Crippen molar-refractivity contribution in [3.8, 4) is 0 Å². The van der Waals surface area contributed by atoms with Crippen molar-refractivity contribution in [2.75, 3.05) is 11.0 Å². The van der Waals surface area contributed by atoms with Crippen LogP contribution in [0.25, 0.3) is 0 Å². The maximum absolute atomic E-state index is 5.69. The molecular weight excluding hydrogens is 223 g/mol. The number of alkyl halides is 2. The molecule has 66 valence electrons. The van der Waals surface area contributed by atoms with Crippen LogP contribution < -0.4 is 10.4 Å². The van der Waals surface area contributed by atoms with Crippen LogP contribution in [0.3, 0.4) is 0 Å². The summed E-state index contributed by atoms with van der Waals surface area (Å²) in [5.74, 6) is 0. The minimum atomic E-state index is -0.183. The normalized spacial score (nSPS) is 12.2. The van der Waals surface area contributed by atoms with E-state index in [0.717, 1.165) is 11.0 Å². The minimum absolute atomic E-state index is 0.183. The van der Waals surface area contributed by atoms with E-state index in [4.69, 9.17) is 23.2 Å². The second-order valence-electron chi connectivity index (χ2n) is 2.69. The first-order valence-corrected chi connectivity index (χ1v) is 8.55. The van der Waals surface area contributed by atoms with Gasteiger partial charge in [0.1, 0.15) is 0 Å². The summed E-state index contributed by atoms with van der Waals surface area (Å²) in [4.78, 5) is 0. The summed E-state index contributed by atoms with van der Waals surface area (Å²) in [6.45, 7) is 0. The lowest BCUT2D eigenvalue weighted by molar-refractivity contribution is 1.81. The average Bonchev–Trinajstić information content (AvgIpc) is 2.09. The molecule has 1 aromatic carbocycles. The zero-order valence-corrected chi connectivity index (χ0v) is 11.2. The van der Waals surface area contributed by atoms with Gasteiger partial charge in [0.15, 0.2) is 0 Å². The van der Waals surface area contributed by atoms with Crippen molar-refractivity contribution in [1.29, 1.82) is 0 Å². The largest absolute Gasteiger partial charge is 0.130 e. The van der Waals surface area contributed by atoms with Crippen molar-refractivity contribution in [3.05, 3.63) is 24.3 Å². The average molecular weight is 235 g/mol. The molecule has 0 nitrogen and oxygen atoms in total. The van der Waals surface area contributed by atoms with Gasteiger partial charge in [-0.15, -0.1) is 23.2 Å². The molecule has 0 aliphatic carbocycles. The van der Waals surface area contributed by atoms with Gasteiger partial charge in [-0.2, -0.15) is 0 Å². The molecule has 0 amide bonds. The third-order valence-corrected chi connectivity index (χ3v) is 5.40. The lowest BCUT2D eigenvalue weighted by Crippen LogP contribution is -2.21. The van der Waals surface area contributed by atoms with E-state index >= 15 is 0 Å². The van der Waals surface area contributed by atoms with Gasteiger partial charge < -0.3 is 0 Å². The fourth-order valence-corrected chi connectivity index (χ4v) is 3.97. The molecule has 0 spiro atoms. The zero-order valence-electron chi connectivity index (χ0n) is 6.89. The van der Waals surface area contributed by atoms with Crippen LogP contribution in [-0.2, 0) is 0 Å². The van der Waals surface area contributed by atoms with Gasteiger partial charge in [-0.25, -0.2) is 0 Å². The molecule has 0 bridgehead atoms. The van der Waals surface area contributed by atoms with Crippen LogP contribution in [0.5, 0.6) is 0 Å². The molecule has 1 rings (SSSR count). The number of hydrogen-bond acceptors (Lipinski definition) is 0. The Morgan fingerprint density at radius 2 is 1.17 bits per heavy atom. The van der Waals surface area contributed by atoms with Gasteiger partial charge in [-0.3, -0.25) is 0 Å². The van der Waals surface area contributed by atoms with E-state index in [0.29, 0.717) is 0 Å². The Morgan fingerprint density at radius 1 is 0.833 bits per heavy atom. The third kappa shape index (κ3) is 3.31. The summed E-state index contributed by atoms with van der Waals surface area (Å²) in [6.07, 6.45) is 0. The predicted molar refractivity (Wildman–Crippen MR) is 64.2 cm³/mol. The molecule has 0 saturated carbocycles. The second-order valence-corrected chi connectivity index (χ2v) is 8.35. The van der Waals surface area contributed by atoms with E-state index in [9.17, 15) is 0 Å². The molecule has 0 N–H and O–H groups in total. The van der Waals surface area contributed by atoms with Crippen molar-refractivity contribution in [2.45, 2.75) is 0 Å². The van der Waals surface area contributed by atoms with Crippen LogP contribution in [0.4, 0.5) is 0 Å². The molecule has 0 radical (unpaired) electrons. The van der Waals surface area contributed by atoms with Gasteiger partial charge in [0.05, 0.1) is 19.0 Å². The Labute approximate surface area is 87.9 Å². The molecule has 0 atom stereocenters. The second kappa shape index (κ2) is 5.81. The van der Waals surface area contributed by atoms with Crippen LogP contribution in [0, 0.1) is 0 Å². The SMILES string of the molecule is ClC[SiH2]c1ccc([SiH2]CCl)cc1. The molecular formula is C8H12Cl2Si2. The predicted octanol–water partition coefficient (Wildman–Crippen LogP) is -0.333. The molecule has 12 heavy (non-hydrogen) atoms. The first-order chi connectivity index (χ1) is 5.86.